The van der Waals surface area contributed by atoms with Gasteiger partial charge in [-0.3, -0.25) is 9.52 Å². The zero-order valence-electron chi connectivity index (χ0n) is 15.2. The number of anilines is 1. The molecule has 1 atom stereocenters. The minimum atomic E-state index is -3.74. The van der Waals surface area contributed by atoms with Crippen LogP contribution in [0.5, 0.6) is 5.75 Å². The van der Waals surface area contributed by atoms with Crippen molar-refractivity contribution >= 4 is 21.6 Å². The van der Waals surface area contributed by atoms with E-state index in [1.165, 1.54) is 24.3 Å². The highest BCUT2D eigenvalue weighted by molar-refractivity contribution is 7.92. The van der Waals surface area contributed by atoms with Crippen molar-refractivity contribution < 1.29 is 22.7 Å². The smallest absolute Gasteiger partial charge is 0.261 e. The van der Waals surface area contributed by atoms with Crippen LogP contribution in [0.4, 0.5) is 5.69 Å². The monoisotopic (exact) mass is 390 g/mol. The molecule has 2 aromatic carbocycles. The van der Waals surface area contributed by atoms with Gasteiger partial charge in [0.05, 0.1) is 24.7 Å². The number of morpholine rings is 1. The number of nitrogens with zero attached hydrogens (tertiary/aromatic N) is 1. The molecular weight excluding hydrogens is 368 g/mol. The number of rotatable bonds is 5. The van der Waals surface area contributed by atoms with E-state index in [0.717, 1.165) is 0 Å². The number of nitrogens with one attached hydrogen (secondary N) is 1. The van der Waals surface area contributed by atoms with Crippen LogP contribution in [0.2, 0.25) is 0 Å². The van der Waals surface area contributed by atoms with Crippen LogP contribution in [-0.2, 0) is 14.8 Å². The average Bonchev–Trinajstić information content (AvgIpc) is 2.68. The van der Waals surface area contributed by atoms with Crippen molar-refractivity contribution in [2.75, 3.05) is 31.5 Å². The molecule has 7 nitrogen and oxygen atoms in total. The summed E-state index contributed by atoms with van der Waals surface area (Å²) in [5.74, 6) is 0.510. The largest absolute Gasteiger partial charge is 0.497 e. The Balaban J connectivity index is 1.72. The molecule has 0 aromatic heterocycles. The van der Waals surface area contributed by atoms with Crippen LogP contribution in [0.3, 0.4) is 0 Å². The number of methoxy groups -OCH3 is 1. The van der Waals surface area contributed by atoms with Gasteiger partial charge in [-0.2, -0.15) is 0 Å². The van der Waals surface area contributed by atoms with Crippen molar-refractivity contribution in [3.63, 3.8) is 0 Å². The summed E-state index contributed by atoms with van der Waals surface area (Å²) in [6, 6.07) is 12.5. The molecule has 3 rings (SSSR count). The number of benzene rings is 2. The Kier molecular flexibility index (Phi) is 5.67. The predicted octanol–water partition coefficient (Wildman–Crippen LogP) is 2.36. The summed E-state index contributed by atoms with van der Waals surface area (Å²) in [6.07, 6.45) is -0.00366. The molecule has 2 aromatic rings. The predicted molar refractivity (Wildman–Crippen MR) is 102 cm³/mol. The van der Waals surface area contributed by atoms with E-state index < -0.39 is 10.0 Å². The Morgan fingerprint density at radius 2 is 1.81 bits per heavy atom. The van der Waals surface area contributed by atoms with Gasteiger partial charge in [-0.25, -0.2) is 8.42 Å². The molecule has 144 valence electrons. The van der Waals surface area contributed by atoms with Crippen molar-refractivity contribution in [2.45, 2.75) is 17.9 Å². The lowest BCUT2D eigenvalue weighted by atomic mass is 10.2. The molecule has 1 saturated heterocycles. The van der Waals surface area contributed by atoms with Gasteiger partial charge in [-0.1, -0.05) is 0 Å². The number of carbonyl (C=O) groups excluding carboxylic acids is 1. The molecule has 1 fully saturated rings. The Morgan fingerprint density at radius 1 is 1.15 bits per heavy atom. The minimum Gasteiger partial charge on any atom is -0.497 e. The molecule has 1 aliphatic rings. The molecule has 0 saturated carbocycles. The van der Waals surface area contributed by atoms with Gasteiger partial charge in [-0.15, -0.1) is 0 Å². The Morgan fingerprint density at radius 3 is 2.41 bits per heavy atom. The molecule has 0 spiro atoms. The van der Waals surface area contributed by atoms with Crippen LogP contribution < -0.4 is 9.46 Å². The number of hydrogen-bond donors (Lipinski definition) is 1. The highest BCUT2D eigenvalue weighted by Gasteiger charge is 2.23. The van der Waals surface area contributed by atoms with Gasteiger partial charge in [0, 0.05) is 24.3 Å². The van der Waals surface area contributed by atoms with Gasteiger partial charge in [0.2, 0.25) is 0 Å². The molecule has 1 N–H and O–H groups in total. The van der Waals surface area contributed by atoms with E-state index in [1.54, 1.807) is 36.3 Å². The number of ether oxygens (including phenoxy) is 2. The van der Waals surface area contributed by atoms with Crippen LogP contribution in [0.1, 0.15) is 17.3 Å². The minimum absolute atomic E-state index is 0.00366. The number of amides is 1. The lowest BCUT2D eigenvalue weighted by Gasteiger charge is -2.31. The highest BCUT2D eigenvalue weighted by atomic mass is 32.2. The normalized spacial score (nSPS) is 17.4. The molecule has 0 bridgehead atoms. The number of hydrogen-bond acceptors (Lipinski definition) is 5. The second kappa shape index (κ2) is 7.98. The molecular formula is C19H22N2O5S. The topological polar surface area (TPSA) is 84.9 Å². The van der Waals surface area contributed by atoms with Gasteiger partial charge in [0.15, 0.2) is 0 Å². The van der Waals surface area contributed by atoms with Crippen LogP contribution in [0.25, 0.3) is 0 Å². The first kappa shape index (κ1) is 19.2. The van der Waals surface area contributed by atoms with Gasteiger partial charge in [-0.05, 0) is 55.5 Å². The van der Waals surface area contributed by atoms with Gasteiger partial charge >= 0.3 is 0 Å². The Bertz CT molecular complexity index is 895. The quantitative estimate of drug-likeness (QED) is 0.847. The number of carbonyl (C=O) groups is 1. The maximum Gasteiger partial charge on any atom is 0.261 e. The van der Waals surface area contributed by atoms with E-state index in [-0.39, 0.29) is 16.9 Å². The van der Waals surface area contributed by atoms with Crippen molar-refractivity contribution in [3.05, 3.63) is 54.1 Å². The summed E-state index contributed by atoms with van der Waals surface area (Å²) in [5.41, 5.74) is 0.880. The maximum absolute atomic E-state index is 12.6. The first-order valence-electron chi connectivity index (χ1n) is 8.57. The molecule has 0 unspecified atom stereocenters. The van der Waals surface area contributed by atoms with Crippen LogP contribution in [0, 0.1) is 0 Å². The zero-order chi connectivity index (χ0) is 19.4. The molecule has 1 amide bonds. The molecule has 0 radical (unpaired) electrons. The van der Waals surface area contributed by atoms with Gasteiger partial charge in [0.25, 0.3) is 15.9 Å². The first-order valence-corrected chi connectivity index (χ1v) is 10.1. The fourth-order valence-corrected chi connectivity index (χ4v) is 3.89. The zero-order valence-corrected chi connectivity index (χ0v) is 16.0. The van der Waals surface area contributed by atoms with E-state index in [0.29, 0.717) is 36.7 Å². The van der Waals surface area contributed by atoms with E-state index >= 15 is 0 Å². The standard InChI is InChI=1S/C19H22N2O5S/c1-14-13-21(11-12-26-14)19(22)15-3-9-18(10-4-15)27(23,24)20-16-5-7-17(25-2)8-6-16/h3-10,14,20H,11-13H2,1-2H3/t14-/m1/s1. The average molecular weight is 390 g/mol. The van der Waals surface area contributed by atoms with Crippen LogP contribution in [-0.4, -0.2) is 52.1 Å². The maximum atomic E-state index is 12.6. The molecule has 1 heterocycles. The second-order valence-corrected chi connectivity index (χ2v) is 7.97. The third-order valence-electron chi connectivity index (χ3n) is 4.28. The Labute approximate surface area is 158 Å². The summed E-state index contributed by atoms with van der Waals surface area (Å²) in [6.45, 7) is 3.48. The second-order valence-electron chi connectivity index (χ2n) is 6.29. The summed E-state index contributed by atoms with van der Waals surface area (Å²) in [5, 5.41) is 0. The number of sulfonamides is 1. The van der Waals surface area contributed by atoms with Crippen molar-refractivity contribution in [3.8, 4) is 5.75 Å². The van der Waals surface area contributed by atoms with Crippen LogP contribution >= 0.6 is 0 Å². The molecule has 27 heavy (non-hydrogen) atoms. The summed E-state index contributed by atoms with van der Waals surface area (Å²) < 4.78 is 38.1. The van der Waals surface area contributed by atoms with Crippen LogP contribution in [0.15, 0.2) is 53.4 Å². The third-order valence-corrected chi connectivity index (χ3v) is 5.68. The van der Waals surface area contributed by atoms with Crippen molar-refractivity contribution in [1.29, 1.82) is 0 Å². The molecule has 1 aliphatic heterocycles. The lowest BCUT2D eigenvalue weighted by molar-refractivity contribution is -0.0124. The lowest BCUT2D eigenvalue weighted by Crippen LogP contribution is -2.44. The Hall–Kier alpha value is -2.58. The van der Waals surface area contributed by atoms with Gasteiger partial charge < -0.3 is 14.4 Å². The SMILES string of the molecule is COc1ccc(NS(=O)(=O)c2ccc(C(=O)N3CCO[C@H](C)C3)cc2)cc1. The summed E-state index contributed by atoms with van der Waals surface area (Å²) >= 11 is 0. The fourth-order valence-electron chi connectivity index (χ4n) is 2.84. The van der Waals surface area contributed by atoms with E-state index in [4.69, 9.17) is 9.47 Å². The third kappa shape index (κ3) is 4.58. The fraction of sp³-hybridized carbons (Fsp3) is 0.316. The molecule has 0 aliphatic carbocycles. The summed E-state index contributed by atoms with van der Waals surface area (Å²) in [4.78, 5) is 14.4. The van der Waals surface area contributed by atoms with Crippen molar-refractivity contribution in [1.82, 2.24) is 4.90 Å². The van der Waals surface area contributed by atoms with E-state index in [9.17, 15) is 13.2 Å². The van der Waals surface area contributed by atoms with E-state index in [2.05, 4.69) is 4.72 Å². The first-order chi connectivity index (χ1) is 12.9. The van der Waals surface area contributed by atoms with Crippen molar-refractivity contribution in [2.24, 2.45) is 0 Å². The van der Waals surface area contributed by atoms with E-state index in [1.807, 2.05) is 6.92 Å². The molecule has 8 heteroatoms. The summed E-state index contributed by atoms with van der Waals surface area (Å²) in [7, 11) is -2.20. The highest BCUT2D eigenvalue weighted by Crippen LogP contribution is 2.20. The van der Waals surface area contributed by atoms with Gasteiger partial charge in [0.1, 0.15) is 5.75 Å².